The molecule has 0 radical (unpaired) electrons. The number of carbonyl (C=O) groups is 1. The summed E-state index contributed by atoms with van der Waals surface area (Å²) in [4.78, 5) is 28.7. The van der Waals surface area contributed by atoms with E-state index in [1.165, 1.54) is 35.9 Å². The third kappa shape index (κ3) is 4.39. The van der Waals surface area contributed by atoms with Crippen LogP contribution in [0.5, 0.6) is 0 Å². The van der Waals surface area contributed by atoms with Crippen molar-refractivity contribution in [3.8, 4) is 0 Å². The number of hydrogen-bond acceptors (Lipinski definition) is 9. The van der Waals surface area contributed by atoms with Crippen LogP contribution in [0.4, 0.5) is 11.1 Å². The molecule has 5 rings (SSSR count). The first kappa shape index (κ1) is 21.7. The van der Waals surface area contributed by atoms with E-state index < -0.39 is 10.0 Å². The molecule has 2 N–H and O–H groups in total. The zero-order valence-electron chi connectivity index (χ0n) is 17.0. The molecule has 1 aliphatic rings. The van der Waals surface area contributed by atoms with Crippen molar-refractivity contribution in [3.05, 3.63) is 65.7 Å². The van der Waals surface area contributed by atoms with Gasteiger partial charge < -0.3 is 5.32 Å². The number of anilines is 2. The highest BCUT2D eigenvalue weighted by Gasteiger charge is 2.40. The lowest BCUT2D eigenvalue weighted by Crippen LogP contribution is -2.40. The number of halogens is 1. The van der Waals surface area contributed by atoms with Gasteiger partial charge in [-0.15, -0.1) is 0 Å². The van der Waals surface area contributed by atoms with E-state index in [0.29, 0.717) is 28.6 Å². The molecule has 0 amide bonds. The van der Waals surface area contributed by atoms with Gasteiger partial charge in [-0.05, 0) is 23.8 Å². The summed E-state index contributed by atoms with van der Waals surface area (Å²) in [5.74, 6) is -0.0483. The monoisotopic (exact) mass is 500 g/mol. The summed E-state index contributed by atoms with van der Waals surface area (Å²) in [5, 5.41) is 4.40. The number of hydrogen-bond donors (Lipinski definition) is 2. The number of pyridine rings is 1. The Kier molecular flexibility index (Phi) is 5.69. The molecule has 33 heavy (non-hydrogen) atoms. The van der Waals surface area contributed by atoms with Gasteiger partial charge in [-0.2, -0.15) is 0 Å². The zero-order valence-corrected chi connectivity index (χ0v) is 19.4. The van der Waals surface area contributed by atoms with E-state index in [1.807, 2.05) is 0 Å². The summed E-state index contributed by atoms with van der Waals surface area (Å²) in [6.45, 7) is 0.432. The van der Waals surface area contributed by atoms with E-state index in [0.717, 1.165) is 10.3 Å². The van der Waals surface area contributed by atoms with Gasteiger partial charge in [0, 0.05) is 49.6 Å². The highest BCUT2D eigenvalue weighted by atomic mass is 35.5. The molecule has 9 nitrogen and oxygen atoms in total. The maximum absolute atomic E-state index is 12.6. The van der Waals surface area contributed by atoms with Gasteiger partial charge in [-0.25, -0.2) is 28.1 Å². The van der Waals surface area contributed by atoms with Crippen molar-refractivity contribution in [2.45, 2.75) is 17.2 Å². The second kappa shape index (κ2) is 8.65. The Balaban J connectivity index is 1.27. The average Bonchev–Trinajstić information content (AvgIpc) is 3.22. The highest BCUT2D eigenvalue weighted by molar-refractivity contribution is 7.92. The molecule has 12 heteroatoms. The van der Waals surface area contributed by atoms with Crippen molar-refractivity contribution in [2.24, 2.45) is 5.92 Å². The number of nitrogens with one attached hydrogen (secondary N) is 2. The van der Waals surface area contributed by atoms with Gasteiger partial charge in [0.2, 0.25) is 5.95 Å². The van der Waals surface area contributed by atoms with Crippen molar-refractivity contribution in [1.29, 1.82) is 0 Å². The number of benzene rings is 1. The van der Waals surface area contributed by atoms with E-state index in [-0.39, 0.29) is 28.5 Å². The molecule has 0 aliphatic heterocycles. The maximum atomic E-state index is 12.6. The van der Waals surface area contributed by atoms with Crippen molar-refractivity contribution < 1.29 is 13.2 Å². The minimum atomic E-state index is -3.81. The lowest BCUT2D eigenvalue weighted by atomic mass is 9.69. The average molecular weight is 501 g/mol. The second-order valence-corrected chi connectivity index (χ2v) is 10.6. The van der Waals surface area contributed by atoms with Gasteiger partial charge in [-0.1, -0.05) is 35.1 Å². The van der Waals surface area contributed by atoms with E-state index in [9.17, 15) is 13.2 Å². The Morgan fingerprint density at radius 3 is 2.58 bits per heavy atom. The van der Waals surface area contributed by atoms with E-state index in [4.69, 9.17) is 11.6 Å². The van der Waals surface area contributed by atoms with Gasteiger partial charge in [0.05, 0.1) is 14.6 Å². The molecule has 1 aliphatic carbocycles. The number of Topliss-reactive ketones (excluding diaryl/α,β-unsaturated/α-hetero) is 1. The van der Waals surface area contributed by atoms with Crippen LogP contribution in [0, 0.1) is 5.92 Å². The molecule has 3 aromatic heterocycles. The van der Waals surface area contributed by atoms with Crippen LogP contribution in [0.3, 0.4) is 0 Å². The topological polar surface area (TPSA) is 127 Å². The molecular formula is C21H17ClN6O3S2. The number of sulfonamides is 1. The van der Waals surface area contributed by atoms with Gasteiger partial charge in [0.25, 0.3) is 10.0 Å². The lowest BCUT2D eigenvalue weighted by molar-refractivity contribution is -0.130. The number of thiazole rings is 1. The van der Waals surface area contributed by atoms with Gasteiger partial charge in [0.1, 0.15) is 11.3 Å². The van der Waals surface area contributed by atoms with Crippen LogP contribution in [0.25, 0.3) is 10.2 Å². The van der Waals surface area contributed by atoms with Crippen molar-refractivity contribution in [3.63, 3.8) is 0 Å². The highest BCUT2D eigenvalue weighted by Crippen LogP contribution is 2.40. The molecule has 4 aromatic rings. The van der Waals surface area contributed by atoms with E-state index in [1.54, 1.807) is 30.6 Å². The molecule has 0 bridgehead atoms. The summed E-state index contributed by atoms with van der Waals surface area (Å²) >= 11 is 7.56. The SMILES string of the molecule is O=C1CC(c2ccc(S(=O)(=O)Nc3ncccn3)cc2)C1CNc1nc2c(Cl)cncc2s1. The molecule has 1 saturated carbocycles. The zero-order chi connectivity index (χ0) is 23.0. The van der Waals surface area contributed by atoms with Crippen LogP contribution in [-0.4, -0.2) is 40.7 Å². The molecular weight excluding hydrogens is 484 g/mol. The number of rotatable bonds is 7. The van der Waals surface area contributed by atoms with Crippen LogP contribution in [-0.2, 0) is 14.8 Å². The Morgan fingerprint density at radius 2 is 1.88 bits per heavy atom. The van der Waals surface area contributed by atoms with E-state index >= 15 is 0 Å². The van der Waals surface area contributed by atoms with Crippen molar-refractivity contribution in [1.82, 2.24) is 19.9 Å². The largest absolute Gasteiger partial charge is 0.361 e. The standard InChI is InChI=1S/C21H17ClN6O3S2/c22-16-10-23-11-18-19(16)27-21(32-18)26-9-15-14(8-17(15)29)12-2-4-13(5-3-12)33(30,31)28-20-24-6-1-7-25-20/h1-7,10-11,14-15H,8-9H2,(H,26,27)(H,24,25,28). The van der Waals surface area contributed by atoms with Crippen molar-refractivity contribution >= 4 is 60.0 Å². The first-order chi connectivity index (χ1) is 15.9. The predicted octanol–water partition coefficient (Wildman–Crippen LogP) is 3.72. The predicted molar refractivity (Wildman–Crippen MR) is 126 cm³/mol. The van der Waals surface area contributed by atoms with Crippen LogP contribution in [0.1, 0.15) is 17.9 Å². The van der Waals surface area contributed by atoms with Gasteiger partial charge >= 0.3 is 0 Å². The first-order valence-corrected chi connectivity index (χ1v) is 12.6. The third-order valence-electron chi connectivity index (χ3n) is 5.46. The minimum absolute atomic E-state index is 0.00391. The summed E-state index contributed by atoms with van der Waals surface area (Å²) in [6, 6.07) is 8.13. The first-order valence-electron chi connectivity index (χ1n) is 9.97. The van der Waals surface area contributed by atoms with Gasteiger partial charge in [-0.3, -0.25) is 9.78 Å². The minimum Gasteiger partial charge on any atom is -0.361 e. The number of aromatic nitrogens is 4. The summed E-state index contributed by atoms with van der Waals surface area (Å²) in [6.07, 6.45) is 6.58. The Hall–Kier alpha value is -3.15. The number of ketones is 1. The summed E-state index contributed by atoms with van der Waals surface area (Å²) < 4.78 is 28.3. The van der Waals surface area contributed by atoms with Crippen LogP contribution in [0.2, 0.25) is 5.02 Å². The summed E-state index contributed by atoms with van der Waals surface area (Å²) in [5.41, 5.74) is 1.59. The fraction of sp³-hybridized carbons (Fsp3) is 0.190. The molecule has 0 saturated heterocycles. The molecule has 3 heterocycles. The lowest BCUT2D eigenvalue weighted by Gasteiger charge is -2.35. The van der Waals surface area contributed by atoms with Crippen LogP contribution < -0.4 is 10.0 Å². The fourth-order valence-corrected chi connectivity index (χ4v) is 5.78. The molecule has 2 unspecified atom stereocenters. The van der Waals surface area contributed by atoms with Crippen molar-refractivity contribution in [2.75, 3.05) is 16.6 Å². The smallest absolute Gasteiger partial charge is 0.264 e. The molecule has 168 valence electrons. The molecule has 0 spiro atoms. The molecule has 1 fully saturated rings. The third-order valence-corrected chi connectivity index (χ3v) is 8.03. The van der Waals surface area contributed by atoms with Crippen LogP contribution >= 0.6 is 22.9 Å². The number of fused-ring (bicyclic) bond motifs is 1. The normalized spacial score (nSPS) is 18.2. The molecule has 1 aromatic carbocycles. The summed E-state index contributed by atoms with van der Waals surface area (Å²) in [7, 11) is -3.81. The van der Waals surface area contributed by atoms with Gasteiger partial charge in [0.15, 0.2) is 5.13 Å². The fourth-order valence-electron chi connectivity index (χ4n) is 3.70. The van der Waals surface area contributed by atoms with E-state index in [2.05, 4.69) is 30.0 Å². The Bertz CT molecular complexity index is 1430. The number of carbonyl (C=O) groups excluding carboxylic acids is 1. The number of nitrogens with zero attached hydrogens (tertiary/aromatic N) is 4. The Morgan fingerprint density at radius 1 is 1.12 bits per heavy atom. The maximum Gasteiger partial charge on any atom is 0.264 e. The van der Waals surface area contributed by atoms with Crippen LogP contribution in [0.15, 0.2) is 60.0 Å². The molecule has 2 atom stereocenters. The Labute approximate surface area is 198 Å². The second-order valence-electron chi connectivity index (χ2n) is 7.50. The quantitative estimate of drug-likeness (QED) is 0.393.